The van der Waals surface area contributed by atoms with E-state index in [4.69, 9.17) is 5.73 Å². The van der Waals surface area contributed by atoms with Gasteiger partial charge in [0.15, 0.2) is 12.4 Å². The van der Waals surface area contributed by atoms with E-state index in [2.05, 4.69) is 27.0 Å². The van der Waals surface area contributed by atoms with Gasteiger partial charge in [-0.3, -0.25) is 8.98 Å². The van der Waals surface area contributed by atoms with Crippen molar-refractivity contribution in [2.24, 2.45) is 0 Å². The van der Waals surface area contributed by atoms with Crippen LogP contribution in [0.3, 0.4) is 0 Å². The number of thiophene rings is 1. The van der Waals surface area contributed by atoms with Crippen LogP contribution in [-0.2, 0) is 14.6 Å². The summed E-state index contributed by atoms with van der Waals surface area (Å²) in [5, 5.41) is 0. The number of carbonyl (C=O) groups excluding carboxylic acids is 1. The summed E-state index contributed by atoms with van der Waals surface area (Å²) < 4.78 is 36.0. The van der Waals surface area contributed by atoms with Crippen LogP contribution in [0.4, 0.5) is 5.69 Å². The van der Waals surface area contributed by atoms with Crippen molar-refractivity contribution in [1.29, 1.82) is 0 Å². The van der Waals surface area contributed by atoms with E-state index in [-0.39, 0.29) is 12.4 Å². The van der Waals surface area contributed by atoms with Crippen molar-refractivity contribution in [3.05, 3.63) is 69.3 Å². The fraction of sp³-hybridized carbons (Fsp3) is 0.238. The van der Waals surface area contributed by atoms with Gasteiger partial charge in [0.1, 0.15) is 14.8 Å². The highest BCUT2D eigenvalue weighted by atomic mass is 79.9. The third-order valence-corrected chi connectivity index (χ3v) is 7.33. The highest BCUT2D eigenvalue weighted by molar-refractivity contribution is 9.10. The second-order valence-electron chi connectivity index (χ2n) is 6.35. The van der Waals surface area contributed by atoms with E-state index in [1.54, 1.807) is 11.8 Å². The predicted octanol–water partition coefficient (Wildman–Crippen LogP) is 4.50. The third kappa shape index (κ3) is 7.39. The molecule has 7 nitrogen and oxygen atoms in total. The molecule has 0 atom stereocenters. The van der Waals surface area contributed by atoms with Gasteiger partial charge >= 0.3 is 0 Å². The first-order valence-electron chi connectivity index (χ1n) is 9.51. The van der Waals surface area contributed by atoms with Gasteiger partial charge in [0.2, 0.25) is 16.2 Å². The van der Waals surface area contributed by atoms with E-state index >= 15 is 0 Å². The number of carbonyl (C=O) groups is 1. The molecule has 2 N–H and O–H groups in total. The van der Waals surface area contributed by atoms with Crippen molar-refractivity contribution in [2.45, 2.75) is 25.0 Å². The Labute approximate surface area is 204 Å². The average molecular weight is 560 g/mol. The standard InChI is InChI=1S/C19H17BrN2OS2.C2H6O4S/c1-3-24-19-16(22-10-4-5-12(2)11-22)15(21)18(25-19)17(23)13-6-8-14(20)9-7-13;1-2-6-7(3,4)5/h4-11H,3H2,1-2H3,(H-,21,23);2H2,1H3,(H,3,4,5). The van der Waals surface area contributed by atoms with Gasteiger partial charge in [0.05, 0.1) is 6.61 Å². The summed E-state index contributed by atoms with van der Waals surface area (Å²) in [4.78, 5) is 13.5. The zero-order valence-corrected chi connectivity index (χ0v) is 21.7. The Morgan fingerprint density at radius 2 is 1.91 bits per heavy atom. The maximum absolute atomic E-state index is 12.9. The van der Waals surface area contributed by atoms with E-state index < -0.39 is 10.4 Å². The van der Waals surface area contributed by atoms with Crippen LogP contribution in [0.5, 0.6) is 0 Å². The van der Waals surface area contributed by atoms with Crippen LogP contribution in [-0.4, -0.2) is 31.1 Å². The van der Waals surface area contributed by atoms with Gasteiger partial charge in [0, 0.05) is 21.7 Å². The molecule has 0 aliphatic carbocycles. The van der Waals surface area contributed by atoms with E-state index in [0.717, 1.165) is 25.7 Å². The minimum Gasteiger partial charge on any atom is -0.726 e. The number of halogens is 1. The van der Waals surface area contributed by atoms with Crippen LogP contribution in [0.25, 0.3) is 5.69 Å². The molecule has 0 radical (unpaired) electrons. The Bertz CT molecular complexity index is 1180. The van der Waals surface area contributed by atoms with Crippen LogP contribution in [0.15, 0.2) is 57.5 Å². The van der Waals surface area contributed by atoms with Gasteiger partial charge < -0.3 is 10.3 Å². The molecular weight excluding hydrogens is 536 g/mol. The summed E-state index contributed by atoms with van der Waals surface area (Å²) in [5.41, 5.74) is 9.66. The Morgan fingerprint density at radius 3 is 2.41 bits per heavy atom. The largest absolute Gasteiger partial charge is 0.726 e. The van der Waals surface area contributed by atoms with Gasteiger partial charge in [-0.2, -0.15) is 4.57 Å². The number of nitrogens with zero attached hydrogens (tertiary/aromatic N) is 1. The monoisotopic (exact) mass is 558 g/mol. The topological polar surface area (TPSA) is 113 Å². The fourth-order valence-electron chi connectivity index (χ4n) is 2.66. The smallest absolute Gasteiger partial charge is 0.259 e. The minimum atomic E-state index is -4.42. The molecule has 3 aromatic rings. The van der Waals surface area contributed by atoms with Crippen molar-refractivity contribution in [3.8, 4) is 5.69 Å². The van der Waals surface area contributed by atoms with Crippen LogP contribution in [0.1, 0.15) is 34.6 Å². The van der Waals surface area contributed by atoms with Gasteiger partial charge in [-0.05, 0) is 49.9 Å². The summed E-state index contributed by atoms with van der Waals surface area (Å²) in [5.74, 6) is 0.887. The molecule has 0 spiro atoms. The van der Waals surface area contributed by atoms with Crippen molar-refractivity contribution < 1.29 is 26.5 Å². The predicted molar refractivity (Wildman–Crippen MR) is 130 cm³/mol. The van der Waals surface area contributed by atoms with Gasteiger partial charge in [-0.1, -0.05) is 22.9 Å². The minimum absolute atomic E-state index is 0.0348. The summed E-state index contributed by atoms with van der Waals surface area (Å²) >= 11 is 6.58. The number of hydrogen-bond donors (Lipinski definition) is 1. The molecule has 3 rings (SSSR count). The van der Waals surface area contributed by atoms with Crippen molar-refractivity contribution in [1.82, 2.24) is 0 Å². The maximum Gasteiger partial charge on any atom is 0.259 e. The first-order chi connectivity index (χ1) is 15.1. The summed E-state index contributed by atoms with van der Waals surface area (Å²) in [6, 6.07) is 11.4. The number of pyridine rings is 1. The molecular formula is C21H23BrN2O5S3. The highest BCUT2D eigenvalue weighted by Gasteiger charge is 2.28. The second-order valence-corrected chi connectivity index (χ2v) is 10.9. The van der Waals surface area contributed by atoms with E-state index in [9.17, 15) is 17.8 Å². The maximum atomic E-state index is 12.9. The SMILES string of the molecule is CCOS(=O)(=O)[O-].CCSc1sc(C(=O)c2ccc(Br)cc2)c(N)c1-[n+]1cccc(C)c1. The van der Waals surface area contributed by atoms with Gasteiger partial charge in [0.25, 0.3) is 5.69 Å². The molecule has 0 unspecified atom stereocenters. The van der Waals surface area contributed by atoms with Crippen LogP contribution in [0, 0.1) is 6.92 Å². The number of thioether (sulfide) groups is 1. The number of ketones is 1. The van der Waals surface area contributed by atoms with Crippen molar-refractivity contribution in [2.75, 3.05) is 18.1 Å². The molecule has 0 saturated carbocycles. The van der Waals surface area contributed by atoms with E-state index in [1.807, 2.05) is 60.3 Å². The number of aryl methyl sites for hydroxylation is 1. The van der Waals surface area contributed by atoms with Crippen LogP contribution >= 0.6 is 39.0 Å². The number of aromatic nitrogens is 1. The van der Waals surface area contributed by atoms with Crippen LogP contribution in [0.2, 0.25) is 0 Å². The molecule has 32 heavy (non-hydrogen) atoms. The van der Waals surface area contributed by atoms with Gasteiger partial charge in [-0.25, -0.2) is 8.42 Å². The molecule has 0 aliphatic heterocycles. The Morgan fingerprint density at radius 1 is 1.25 bits per heavy atom. The lowest BCUT2D eigenvalue weighted by atomic mass is 10.1. The lowest BCUT2D eigenvalue weighted by molar-refractivity contribution is -0.597. The van der Waals surface area contributed by atoms with E-state index in [0.29, 0.717) is 16.1 Å². The molecule has 2 heterocycles. The Balaban J connectivity index is 0.000000451. The van der Waals surface area contributed by atoms with E-state index in [1.165, 1.54) is 18.3 Å². The zero-order chi connectivity index (χ0) is 23.9. The fourth-order valence-corrected chi connectivity index (χ4v) is 5.59. The Kier molecular flexibility index (Phi) is 9.86. The molecule has 1 aromatic carbocycles. The van der Waals surface area contributed by atoms with Gasteiger partial charge in [-0.15, -0.1) is 23.1 Å². The Hall–Kier alpha value is -1.76. The molecule has 0 saturated heterocycles. The molecule has 0 amide bonds. The van der Waals surface area contributed by atoms with Crippen molar-refractivity contribution >= 4 is 60.9 Å². The molecule has 0 fully saturated rings. The summed E-state index contributed by atoms with van der Waals surface area (Å²) in [6.45, 7) is 5.47. The number of nitrogens with two attached hydrogens (primary N) is 1. The molecule has 11 heteroatoms. The number of rotatable bonds is 7. The number of benzene rings is 1. The molecule has 0 bridgehead atoms. The lowest BCUT2D eigenvalue weighted by Crippen LogP contribution is -2.31. The second kappa shape index (κ2) is 11.9. The molecule has 0 aliphatic rings. The zero-order valence-electron chi connectivity index (χ0n) is 17.7. The summed E-state index contributed by atoms with van der Waals surface area (Å²) in [6.07, 6.45) is 4.00. The first kappa shape index (κ1) is 26.5. The molecule has 172 valence electrons. The first-order valence-corrected chi connectivity index (χ1v) is 13.4. The average Bonchev–Trinajstić information content (AvgIpc) is 3.04. The normalized spacial score (nSPS) is 11.0. The summed E-state index contributed by atoms with van der Waals surface area (Å²) in [7, 11) is -4.42. The number of anilines is 1. The molecule has 2 aromatic heterocycles. The lowest BCUT2D eigenvalue weighted by Gasteiger charge is -2.02. The number of hydrogen-bond acceptors (Lipinski definition) is 8. The number of nitrogen functional groups attached to an aromatic ring is 1. The quantitative estimate of drug-likeness (QED) is 0.149. The van der Waals surface area contributed by atoms with Crippen molar-refractivity contribution in [3.63, 3.8) is 0 Å². The highest BCUT2D eigenvalue weighted by Crippen LogP contribution is 2.39. The third-order valence-electron chi connectivity index (χ3n) is 3.94. The van der Waals surface area contributed by atoms with Crippen LogP contribution < -0.4 is 10.3 Å².